The maximum absolute atomic E-state index is 11.8. The van der Waals surface area contributed by atoms with E-state index in [-0.39, 0.29) is 18.9 Å². The van der Waals surface area contributed by atoms with Crippen molar-refractivity contribution in [3.8, 4) is 0 Å². The van der Waals surface area contributed by atoms with Crippen molar-refractivity contribution in [1.82, 2.24) is 14.6 Å². The predicted molar refractivity (Wildman–Crippen MR) is 91.4 cm³/mol. The summed E-state index contributed by atoms with van der Waals surface area (Å²) in [5.74, 6) is -1.31. The predicted octanol–water partition coefficient (Wildman–Crippen LogP) is 2.15. The standard InChI is InChI=1S/C15H19N3O5.C2H6/c1-5-22-14(20)10-7-11-16-8(3)12(9(4)18(11)17-10)13(19)15(21)23-6-2;1-2/h7,13,19H,5-6H2,1-4H3;1-2H3. The highest BCUT2D eigenvalue weighted by Crippen LogP contribution is 2.23. The Balaban J connectivity index is 0.00000151. The van der Waals surface area contributed by atoms with Gasteiger partial charge in [0.1, 0.15) is 0 Å². The minimum atomic E-state index is -1.46. The Morgan fingerprint density at radius 2 is 1.80 bits per heavy atom. The number of rotatable bonds is 5. The number of nitrogens with zero attached hydrogens (tertiary/aromatic N) is 3. The Morgan fingerprint density at radius 1 is 1.20 bits per heavy atom. The van der Waals surface area contributed by atoms with Crippen molar-refractivity contribution < 1.29 is 24.2 Å². The summed E-state index contributed by atoms with van der Waals surface area (Å²) in [7, 11) is 0. The lowest BCUT2D eigenvalue weighted by molar-refractivity contribution is -0.153. The van der Waals surface area contributed by atoms with Gasteiger partial charge in [0, 0.05) is 23.0 Å². The molecule has 1 atom stereocenters. The zero-order valence-corrected chi connectivity index (χ0v) is 15.5. The molecule has 8 nitrogen and oxygen atoms in total. The molecule has 138 valence electrons. The van der Waals surface area contributed by atoms with Gasteiger partial charge in [-0.15, -0.1) is 0 Å². The number of aryl methyl sites for hydroxylation is 2. The fraction of sp³-hybridized carbons (Fsp3) is 0.529. The number of ether oxygens (including phenoxy) is 2. The van der Waals surface area contributed by atoms with Gasteiger partial charge in [-0.1, -0.05) is 13.8 Å². The third-order valence-corrected chi connectivity index (χ3v) is 3.34. The Labute approximate surface area is 146 Å². The highest BCUT2D eigenvalue weighted by Gasteiger charge is 2.26. The summed E-state index contributed by atoms with van der Waals surface area (Å²) in [4.78, 5) is 27.8. The number of esters is 2. The molecule has 2 aromatic heterocycles. The third-order valence-electron chi connectivity index (χ3n) is 3.34. The third kappa shape index (κ3) is 4.33. The average molecular weight is 351 g/mol. The maximum Gasteiger partial charge on any atom is 0.358 e. The second-order valence-electron chi connectivity index (χ2n) is 4.87. The number of carbonyl (C=O) groups is 2. The van der Waals surface area contributed by atoms with Gasteiger partial charge in [0.05, 0.1) is 13.2 Å². The Bertz CT molecular complexity index is 754. The zero-order valence-electron chi connectivity index (χ0n) is 15.5. The number of aliphatic hydroxyl groups is 1. The molecule has 0 aliphatic carbocycles. The van der Waals surface area contributed by atoms with Crippen LogP contribution in [-0.4, -0.2) is 44.9 Å². The number of carbonyl (C=O) groups excluding carboxylic acids is 2. The van der Waals surface area contributed by atoms with E-state index in [1.807, 2.05) is 13.8 Å². The fourth-order valence-electron chi connectivity index (χ4n) is 2.35. The molecular formula is C17H25N3O5. The second kappa shape index (κ2) is 9.12. The molecule has 0 saturated heterocycles. The Hall–Kier alpha value is -2.48. The quantitative estimate of drug-likeness (QED) is 0.823. The number of aromatic nitrogens is 3. The summed E-state index contributed by atoms with van der Waals surface area (Å²) in [5.41, 5.74) is 1.83. The molecule has 0 spiro atoms. The molecule has 0 aliphatic rings. The van der Waals surface area contributed by atoms with Gasteiger partial charge in [-0.05, 0) is 27.7 Å². The number of fused-ring (bicyclic) bond motifs is 1. The van der Waals surface area contributed by atoms with Crippen molar-refractivity contribution in [2.75, 3.05) is 13.2 Å². The lowest BCUT2D eigenvalue weighted by Crippen LogP contribution is -2.19. The van der Waals surface area contributed by atoms with Gasteiger partial charge in [-0.3, -0.25) is 0 Å². The SMILES string of the molecule is CC.CCOC(=O)c1cc2nc(C)c(C(O)C(=O)OCC)c(C)n2n1. The van der Waals surface area contributed by atoms with Crippen LogP contribution in [0.15, 0.2) is 6.07 Å². The van der Waals surface area contributed by atoms with E-state index in [4.69, 9.17) is 9.47 Å². The molecular weight excluding hydrogens is 326 g/mol. The van der Waals surface area contributed by atoms with Crippen LogP contribution >= 0.6 is 0 Å². The van der Waals surface area contributed by atoms with Crippen LogP contribution < -0.4 is 0 Å². The van der Waals surface area contributed by atoms with Crippen LogP contribution in [0.4, 0.5) is 0 Å². The minimum Gasteiger partial charge on any atom is -0.464 e. The molecule has 1 N–H and O–H groups in total. The van der Waals surface area contributed by atoms with Crippen molar-refractivity contribution >= 4 is 17.6 Å². The number of hydrogen-bond acceptors (Lipinski definition) is 7. The van der Waals surface area contributed by atoms with Crippen molar-refractivity contribution in [2.45, 2.75) is 47.6 Å². The lowest BCUT2D eigenvalue weighted by Gasteiger charge is -2.15. The van der Waals surface area contributed by atoms with E-state index in [9.17, 15) is 14.7 Å². The molecule has 8 heteroatoms. The Kier molecular flexibility index (Phi) is 7.50. The Morgan fingerprint density at radius 3 is 2.36 bits per heavy atom. The van der Waals surface area contributed by atoms with Gasteiger partial charge in [-0.25, -0.2) is 19.1 Å². The van der Waals surface area contributed by atoms with E-state index in [1.54, 1.807) is 27.7 Å². The van der Waals surface area contributed by atoms with Crippen LogP contribution in [0, 0.1) is 13.8 Å². The van der Waals surface area contributed by atoms with Gasteiger partial charge in [-0.2, -0.15) is 5.10 Å². The lowest BCUT2D eigenvalue weighted by atomic mass is 10.1. The van der Waals surface area contributed by atoms with Crippen LogP contribution in [0.3, 0.4) is 0 Å². The first-order chi connectivity index (χ1) is 11.9. The molecule has 0 fully saturated rings. The van der Waals surface area contributed by atoms with Crippen LogP contribution in [0.2, 0.25) is 0 Å². The number of hydrogen-bond donors (Lipinski definition) is 1. The van der Waals surface area contributed by atoms with E-state index in [0.717, 1.165) is 0 Å². The van der Waals surface area contributed by atoms with Crippen molar-refractivity contribution in [3.63, 3.8) is 0 Å². The van der Waals surface area contributed by atoms with E-state index in [0.29, 0.717) is 22.6 Å². The number of aliphatic hydroxyl groups excluding tert-OH is 1. The highest BCUT2D eigenvalue weighted by atomic mass is 16.5. The molecule has 0 aromatic carbocycles. The highest BCUT2D eigenvalue weighted by molar-refractivity contribution is 5.88. The monoisotopic (exact) mass is 351 g/mol. The van der Waals surface area contributed by atoms with E-state index in [1.165, 1.54) is 10.6 Å². The van der Waals surface area contributed by atoms with E-state index >= 15 is 0 Å². The molecule has 25 heavy (non-hydrogen) atoms. The van der Waals surface area contributed by atoms with Crippen molar-refractivity contribution in [3.05, 3.63) is 28.7 Å². The molecule has 0 saturated carbocycles. The summed E-state index contributed by atoms with van der Waals surface area (Å²) >= 11 is 0. The van der Waals surface area contributed by atoms with Gasteiger partial charge in [0.15, 0.2) is 17.4 Å². The first kappa shape index (κ1) is 20.6. The fourth-order valence-corrected chi connectivity index (χ4v) is 2.35. The molecule has 0 bridgehead atoms. The minimum absolute atomic E-state index is 0.115. The van der Waals surface area contributed by atoms with Crippen LogP contribution in [0.25, 0.3) is 5.65 Å². The zero-order chi connectivity index (χ0) is 19.1. The molecule has 2 rings (SSSR count). The first-order valence-electron chi connectivity index (χ1n) is 8.29. The molecule has 0 radical (unpaired) electrons. The molecule has 0 aliphatic heterocycles. The summed E-state index contributed by atoms with van der Waals surface area (Å²) in [5, 5.41) is 14.3. The molecule has 0 amide bonds. The van der Waals surface area contributed by atoms with Crippen molar-refractivity contribution in [2.24, 2.45) is 0 Å². The van der Waals surface area contributed by atoms with Crippen LogP contribution in [0.1, 0.15) is 61.2 Å². The van der Waals surface area contributed by atoms with Crippen LogP contribution in [-0.2, 0) is 14.3 Å². The first-order valence-corrected chi connectivity index (χ1v) is 8.29. The normalized spacial score (nSPS) is 11.5. The smallest absolute Gasteiger partial charge is 0.358 e. The second-order valence-corrected chi connectivity index (χ2v) is 4.87. The maximum atomic E-state index is 11.8. The van der Waals surface area contributed by atoms with Crippen molar-refractivity contribution in [1.29, 1.82) is 0 Å². The summed E-state index contributed by atoms with van der Waals surface area (Å²) < 4.78 is 11.1. The largest absolute Gasteiger partial charge is 0.464 e. The van der Waals surface area contributed by atoms with Gasteiger partial charge < -0.3 is 14.6 Å². The summed E-state index contributed by atoms with van der Waals surface area (Å²) in [6.45, 7) is 11.1. The van der Waals surface area contributed by atoms with Crippen LogP contribution in [0.5, 0.6) is 0 Å². The van der Waals surface area contributed by atoms with Gasteiger partial charge in [0.25, 0.3) is 0 Å². The van der Waals surface area contributed by atoms with Gasteiger partial charge >= 0.3 is 11.9 Å². The van der Waals surface area contributed by atoms with Gasteiger partial charge in [0.2, 0.25) is 0 Å². The molecule has 2 aromatic rings. The average Bonchev–Trinajstić information content (AvgIpc) is 3.01. The topological polar surface area (TPSA) is 103 Å². The molecule has 1 unspecified atom stereocenters. The molecule has 2 heterocycles. The summed E-state index contributed by atoms with van der Waals surface area (Å²) in [6, 6.07) is 1.50. The van der Waals surface area contributed by atoms with E-state index < -0.39 is 18.0 Å². The summed E-state index contributed by atoms with van der Waals surface area (Å²) in [6.07, 6.45) is -1.46. The van der Waals surface area contributed by atoms with E-state index in [2.05, 4.69) is 10.1 Å².